The third kappa shape index (κ3) is 3.00. The Balaban J connectivity index is 1.67. The molecule has 3 N–H and O–H groups in total. The molecule has 8 heteroatoms. The molecule has 1 fully saturated rings. The van der Waals surface area contributed by atoms with Crippen molar-refractivity contribution in [3.05, 3.63) is 29.3 Å². The molecule has 1 aliphatic heterocycles. The lowest BCUT2D eigenvalue weighted by atomic mass is 9.97. The van der Waals surface area contributed by atoms with E-state index in [1.54, 1.807) is 0 Å². The second-order valence-electron chi connectivity index (χ2n) is 5.27. The largest absolute Gasteiger partial charge is 0.382 e. The van der Waals surface area contributed by atoms with Crippen LogP contribution in [0.15, 0.2) is 18.7 Å². The highest BCUT2D eigenvalue weighted by molar-refractivity contribution is 6.35. The molecule has 3 rings (SSSR count). The van der Waals surface area contributed by atoms with Crippen LogP contribution >= 0.6 is 11.6 Å². The maximum atomic E-state index is 6.10. The van der Waals surface area contributed by atoms with Crippen LogP contribution < -0.4 is 11.1 Å². The molecule has 1 aliphatic rings. The lowest BCUT2D eigenvalue weighted by Gasteiger charge is -2.18. The van der Waals surface area contributed by atoms with E-state index in [1.807, 2.05) is 17.1 Å². The number of halogens is 1. The molecule has 0 radical (unpaired) electrons. The standard InChI is InChI=1S/C14H19ClN6O/c1-2-21-7-10(6-20-21)12-9(3-4-22-12)5-17-14-11(15)13(16)18-8-19-14/h6-9,12H,2-5H2,1H3,(H3,16,17,18,19)/t9-,12+/m0/s1. The van der Waals surface area contributed by atoms with Crippen LogP contribution in [0.2, 0.25) is 5.02 Å². The zero-order chi connectivity index (χ0) is 15.5. The normalized spacial score (nSPS) is 21.2. The Labute approximate surface area is 133 Å². The van der Waals surface area contributed by atoms with Crippen LogP contribution in [0.3, 0.4) is 0 Å². The van der Waals surface area contributed by atoms with Crippen molar-refractivity contribution in [1.29, 1.82) is 0 Å². The van der Waals surface area contributed by atoms with Gasteiger partial charge < -0.3 is 15.8 Å². The summed E-state index contributed by atoms with van der Waals surface area (Å²) in [5, 5.41) is 7.92. The van der Waals surface area contributed by atoms with Gasteiger partial charge in [-0.3, -0.25) is 4.68 Å². The molecule has 0 aromatic carbocycles. The lowest BCUT2D eigenvalue weighted by molar-refractivity contribution is 0.0932. The highest BCUT2D eigenvalue weighted by atomic mass is 35.5. The van der Waals surface area contributed by atoms with E-state index in [2.05, 4.69) is 27.3 Å². The molecular formula is C14H19ClN6O. The summed E-state index contributed by atoms with van der Waals surface area (Å²) < 4.78 is 7.77. The molecule has 2 aromatic heterocycles. The number of anilines is 2. The van der Waals surface area contributed by atoms with Crippen molar-refractivity contribution < 1.29 is 4.74 Å². The molecule has 3 heterocycles. The van der Waals surface area contributed by atoms with E-state index < -0.39 is 0 Å². The first-order valence-corrected chi connectivity index (χ1v) is 7.70. The second-order valence-corrected chi connectivity index (χ2v) is 5.65. The molecule has 7 nitrogen and oxygen atoms in total. The minimum absolute atomic E-state index is 0.0470. The average molecular weight is 323 g/mol. The number of nitrogens with two attached hydrogens (primary N) is 1. The van der Waals surface area contributed by atoms with Gasteiger partial charge in [-0.15, -0.1) is 0 Å². The second kappa shape index (κ2) is 6.50. The molecule has 2 atom stereocenters. The van der Waals surface area contributed by atoms with Gasteiger partial charge in [0.2, 0.25) is 0 Å². The maximum Gasteiger partial charge on any atom is 0.150 e. The number of nitrogen functional groups attached to an aromatic ring is 1. The van der Waals surface area contributed by atoms with E-state index in [0.717, 1.165) is 25.1 Å². The number of ether oxygens (including phenoxy) is 1. The Morgan fingerprint density at radius 2 is 2.36 bits per heavy atom. The lowest BCUT2D eigenvalue weighted by Crippen LogP contribution is -2.18. The van der Waals surface area contributed by atoms with Gasteiger partial charge in [-0.05, 0) is 13.3 Å². The SMILES string of the molecule is CCn1cc([C@@H]2OCC[C@H]2CNc2ncnc(N)c2Cl)cn1. The van der Waals surface area contributed by atoms with Crippen LogP contribution in [-0.2, 0) is 11.3 Å². The zero-order valence-corrected chi connectivity index (χ0v) is 13.1. The zero-order valence-electron chi connectivity index (χ0n) is 12.4. The first-order valence-electron chi connectivity index (χ1n) is 7.32. The summed E-state index contributed by atoms with van der Waals surface area (Å²) in [4.78, 5) is 7.98. The van der Waals surface area contributed by atoms with Crippen molar-refractivity contribution in [2.45, 2.75) is 26.0 Å². The number of aromatic nitrogens is 4. The van der Waals surface area contributed by atoms with Gasteiger partial charge in [-0.1, -0.05) is 11.6 Å². The Morgan fingerprint density at radius 1 is 1.50 bits per heavy atom. The average Bonchev–Trinajstić information content (AvgIpc) is 3.16. The van der Waals surface area contributed by atoms with Crippen LogP contribution in [0.1, 0.15) is 25.0 Å². The summed E-state index contributed by atoms with van der Waals surface area (Å²) in [6.45, 7) is 4.37. The summed E-state index contributed by atoms with van der Waals surface area (Å²) in [6, 6.07) is 0. The Kier molecular flexibility index (Phi) is 4.44. The Bertz CT molecular complexity index is 646. The molecule has 118 valence electrons. The minimum Gasteiger partial charge on any atom is -0.382 e. The molecule has 0 spiro atoms. The van der Waals surface area contributed by atoms with Crippen molar-refractivity contribution in [1.82, 2.24) is 19.7 Å². The van der Waals surface area contributed by atoms with Crippen LogP contribution in [0.25, 0.3) is 0 Å². The van der Waals surface area contributed by atoms with Gasteiger partial charge in [0, 0.05) is 37.4 Å². The first kappa shape index (κ1) is 15.1. The van der Waals surface area contributed by atoms with E-state index >= 15 is 0 Å². The molecule has 0 unspecified atom stereocenters. The molecule has 1 saturated heterocycles. The van der Waals surface area contributed by atoms with Crippen LogP contribution in [0.5, 0.6) is 0 Å². The number of rotatable bonds is 5. The highest BCUT2D eigenvalue weighted by Gasteiger charge is 2.30. The molecule has 0 saturated carbocycles. The fourth-order valence-electron chi connectivity index (χ4n) is 2.65. The van der Waals surface area contributed by atoms with Gasteiger partial charge in [-0.25, -0.2) is 9.97 Å². The quantitative estimate of drug-likeness (QED) is 0.876. The number of hydrogen-bond donors (Lipinski definition) is 2. The summed E-state index contributed by atoms with van der Waals surface area (Å²) >= 11 is 6.10. The van der Waals surface area contributed by atoms with Gasteiger partial charge in [0.05, 0.1) is 12.3 Å². The molecule has 22 heavy (non-hydrogen) atoms. The fourth-order valence-corrected chi connectivity index (χ4v) is 2.81. The van der Waals surface area contributed by atoms with Crippen LogP contribution in [0.4, 0.5) is 11.6 Å². The third-order valence-electron chi connectivity index (χ3n) is 3.87. The van der Waals surface area contributed by atoms with Crippen molar-refractivity contribution in [3.63, 3.8) is 0 Å². The predicted octanol–water partition coefficient (Wildman–Crippen LogP) is 2.12. The predicted molar refractivity (Wildman–Crippen MR) is 84.6 cm³/mol. The van der Waals surface area contributed by atoms with Crippen molar-refractivity contribution in [2.75, 3.05) is 24.2 Å². The van der Waals surface area contributed by atoms with Gasteiger partial charge in [-0.2, -0.15) is 5.10 Å². The fraction of sp³-hybridized carbons (Fsp3) is 0.500. The van der Waals surface area contributed by atoms with Gasteiger partial charge in [0.15, 0.2) is 0 Å². The topological polar surface area (TPSA) is 90.9 Å². The molecule has 0 aliphatic carbocycles. The summed E-state index contributed by atoms with van der Waals surface area (Å²) in [7, 11) is 0. The Morgan fingerprint density at radius 3 is 3.14 bits per heavy atom. The first-order chi connectivity index (χ1) is 10.7. The number of nitrogens with zero attached hydrogens (tertiary/aromatic N) is 4. The molecule has 0 amide bonds. The summed E-state index contributed by atoms with van der Waals surface area (Å²) in [6.07, 6.45) is 6.34. The Hall–Kier alpha value is -1.86. The smallest absolute Gasteiger partial charge is 0.150 e. The highest BCUT2D eigenvalue weighted by Crippen LogP contribution is 2.35. The van der Waals surface area contributed by atoms with E-state index in [-0.39, 0.29) is 11.9 Å². The maximum absolute atomic E-state index is 6.10. The van der Waals surface area contributed by atoms with E-state index in [9.17, 15) is 0 Å². The number of hydrogen-bond acceptors (Lipinski definition) is 6. The number of nitrogens with one attached hydrogen (secondary N) is 1. The van der Waals surface area contributed by atoms with E-state index in [4.69, 9.17) is 22.1 Å². The van der Waals surface area contributed by atoms with Gasteiger partial charge in [0.25, 0.3) is 0 Å². The van der Waals surface area contributed by atoms with Crippen molar-refractivity contribution in [3.8, 4) is 0 Å². The molecule has 0 bridgehead atoms. The van der Waals surface area contributed by atoms with E-state index in [0.29, 0.717) is 23.3 Å². The van der Waals surface area contributed by atoms with E-state index in [1.165, 1.54) is 6.33 Å². The van der Waals surface area contributed by atoms with Crippen LogP contribution in [0, 0.1) is 5.92 Å². The third-order valence-corrected chi connectivity index (χ3v) is 4.24. The minimum atomic E-state index is 0.0470. The summed E-state index contributed by atoms with van der Waals surface area (Å²) in [5.74, 6) is 1.17. The van der Waals surface area contributed by atoms with Gasteiger partial charge in [0.1, 0.15) is 23.0 Å². The van der Waals surface area contributed by atoms with Crippen LogP contribution in [-0.4, -0.2) is 32.9 Å². The summed E-state index contributed by atoms with van der Waals surface area (Å²) in [5.41, 5.74) is 6.79. The molecular weight excluding hydrogens is 304 g/mol. The van der Waals surface area contributed by atoms with Crippen molar-refractivity contribution >= 4 is 23.2 Å². The monoisotopic (exact) mass is 322 g/mol. The van der Waals surface area contributed by atoms with Gasteiger partial charge >= 0.3 is 0 Å². The molecule has 2 aromatic rings. The number of aryl methyl sites for hydroxylation is 1. The van der Waals surface area contributed by atoms with Crippen molar-refractivity contribution in [2.24, 2.45) is 5.92 Å².